The molecule has 0 aliphatic heterocycles. The third-order valence-electron chi connectivity index (χ3n) is 16.8. The first-order valence-electron chi connectivity index (χ1n) is 36.2. The van der Waals surface area contributed by atoms with Gasteiger partial charge in [-0.25, -0.2) is 0 Å². The van der Waals surface area contributed by atoms with Gasteiger partial charge in [0.2, 0.25) is 0 Å². The first-order valence-corrected chi connectivity index (χ1v) is 36.2. The normalized spacial score (nSPS) is 12.0. The van der Waals surface area contributed by atoms with E-state index < -0.39 is 6.10 Å². The molecule has 0 N–H and O–H groups in total. The fourth-order valence-corrected chi connectivity index (χ4v) is 11.3. The van der Waals surface area contributed by atoms with Gasteiger partial charge in [-0.3, -0.25) is 14.4 Å². The summed E-state index contributed by atoms with van der Waals surface area (Å²) in [6.07, 6.45) is 82.4. The van der Waals surface area contributed by atoms with Gasteiger partial charge in [0.1, 0.15) is 13.2 Å². The lowest BCUT2D eigenvalue weighted by Gasteiger charge is -2.18. The zero-order chi connectivity index (χ0) is 57.1. The highest BCUT2D eigenvalue weighted by atomic mass is 16.6. The zero-order valence-electron chi connectivity index (χ0n) is 53.9. The van der Waals surface area contributed by atoms with E-state index in [0.717, 1.165) is 57.8 Å². The van der Waals surface area contributed by atoms with E-state index in [0.29, 0.717) is 19.3 Å². The van der Waals surface area contributed by atoms with Gasteiger partial charge in [-0.05, 0) is 44.9 Å². The van der Waals surface area contributed by atoms with Crippen LogP contribution < -0.4 is 0 Å². The average molecular weight is 1110 g/mol. The van der Waals surface area contributed by atoms with Gasteiger partial charge in [-0.1, -0.05) is 367 Å². The first-order chi connectivity index (χ1) is 39.0. The topological polar surface area (TPSA) is 78.9 Å². The highest BCUT2D eigenvalue weighted by molar-refractivity contribution is 5.71. The summed E-state index contributed by atoms with van der Waals surface area (Å²) in [6, 6.07) is 0. The van der Waals surface area contributed by atoms with Gasteiger partial charge in [0.15, 0.2) is 6.10 Å². The second kappa shape index (κ2) is 68.6. The van der Waals surface area contributed by atoms with Crippen LogP contribution in [-0.4, -0.2) is 37.2 Å². The molecule has 0 fully saturated rings. The molecule has 0 aromatic carbocycles. The van der Waals surface area contributed by atoms with E-state index >= 15 is 0 Å². The Morgan fingerprint density at radius 2 is 0.418 bits per heavy atom. The maximum atomic E-state index is 13.0. The monoisotopic (exact) mass is 1110 g/mol. The van der Waals surface area contributed by atoms with Gasteiger partial charge < -0.3 is 14.2 Å². The molecule has 1 unspecified atom stereocenters. The van der Waals surface area contributed by atoms with E-state index in [1.54, 1.807) is 0 Å². The van der Waals surface area contributed by atoms with Gasteiger partial charge in [-0.2, -0.15) is 0 Å². The summed E-state index contributed by atoms with van der Waals surface area (Å²) in [7, 11) is 0. The molecule has 0 rings (SSSR count). The first kappa shape index (κ1) is 77.2. The second-order valence-electron chi connectivity index (χ2n) is 24.9. The number of carbonyl (C=O) groups is 3. The van der Waals surface area contributed by atoms with Crippen LogP contribution in [0.5, 0.6) is 0 Å². The smallest absolute Gasteiger partial charge is 0.306 e. The van der Waals surface area contributed by atoms with Crippen molar-refractivity contribution in [2.24, 2.45) is 0 Å². The third-order valence-corrected chi connectivity index (χ3v) is 16.8. The van der Waals surface area contributed by atoms with E-state index in [9.17, 15) is 14.4 Å². The molecule has 0 aromatic rings. The standard InChI is InChI=1S/C73H140O6/c1-4-7-10-13-16-19-22-25-28-31-33-34-35-36-37-38-39-41-42-45-48-51-54-57-60-63-66-72(75)78-69-70(68-77-71(74)65-62-59-56-53-50-47-44-30-27-24-21-18-15-12-9-6-3)79-73(76)67-64-61-58-55-52-49-46-43-40-32-29-26-23-20-17-14-11-8-5-2/h26,29,70H,4-25,27-28,30-69H2,1-3H3/b29-26-. The Morgan fingerprint density at radius 3 is 0.633 bits per heavy atom. The molecule has 0 aliphatic rings. The molecule has 0 bridgehead atoms. The SMILES string of the molecule is CCCCCCCC/C=C\CCCCCCCCCCCC(=O)OC(COC(=O)CCCCCCCCCCCCCCCCCC)COC(=O)CCCCCCCCCCCCCCCCCCCCCCCCCCCC. The summed E-state index contributed by atoms with van der Waals surface area (Å²) in [6.45, 7) is 6.73. The molecule has 0 saturated heterocycles. The summed E-state index contributed by atoms with van der Waals surface area (Å²) in [5.74, 6) is -0.828. The molecule has 0 spiro atoms. The number of rotatable bonds is 68. The molecule has 1 atom stereocenters. The van der Waals surface area contributed by atoms with Crippen molar-refractivity contribution in [3.8, 4) is 0 Å². The maximum Gasteiger partial charge on any atom is 0.306 e. The minimum absolute atomic E-state index is 0.0636. The lowest BCUT2D eigenvalue weighted by atomic mass is 10.0. The van der Waals surface area contributed by atoms with Crippen LogP contribution in [0.25, 0.3) is 0 Å². The number of hydrogen-bond acceptors (Lipinski definition) is 6. The number of unbranched alkanes of at least 4 members (excludes halogenated alkanes) is 55. The summed E-state index contributed by atoms with van der Waals surface area (Å²) in [4.78, 5) is 38.5. The van der Waals surface area contributed by atoms with Crippen LogP contribution in [0.3, 0.4) is 0 Å². The highest BCUT2D eigenvalue weighted by Crippen LogP contribution is 2.19. The lowest BCUT2D eigenvalue weighted by Crippen LogP contribution is -2.30. The van der Waals surface area contributed by atoms with Gasteiger partial charge >= 0.3 is 17.9 Å². The van der Waals surface area contributed by atoms with Crippen LogP contribution in [0.4, 0.5) is 0 Å². The zero-order valence-corrected chi connectivity index (χ0v) is 53.9. The van der Waals surface area contributed by atoms with Crippen LogP contribution in [0.15, 0.2) is 12.2 Å². The molecule has 468 valence electrons. The summed E-state index contributed by atoms with van der Waals surface area (Å²) >= 11 is 0. The molecule has 0 aromatic heterocycles. The number of allylic oxidation sites excluding steroid dienone is 2. The molecule has 0 radical (unpaired) electrons. The molecule has 0 heterocycles. The minimum atomic E-state index is -0.768. The Hall–Kier alpha value is -1.85. The molecular formula is C73H140O6. The van der Waals surface area contributed by atoms with E-state index in [1.165, 1.54) is 321 Å². The fraction of sp³-hybridized carbons (Fsp3) is 0.932. The van der Waals surface area contributed by atoms with E-state index in [-0.39, 0.29) is 31.1 Å². The fourth-order valence-electron chi connectivity index (χ4n) is 11.3. The van der Waals surface area contributed by atoms with Crippen molar-refractivity contribution in [3.05, 3.63) is 12.2 Å². The number of ether oxygens (including phenoxy) is 3. The van der Waals surface area contributed by atoms with Gasteiger partial charge in [0.25, 0.3) is 0 Å². The van der Waals surface area contributed by atoms with Crippen molar-refractivity contribution in [3.63, 3.8) is 0 Å². The van der Waals surface area contributed by atoms with Gasteiger partial charge in [0.05, 0.1) is 0 Å². The Labute approximate surface area is 494 Å². The number of carbonyl (C=O) groups excluding carboxylic acids is 3. The van der Waals surface area contributed by atoms with Gasteiger partial charge in [-0.15, -0.1) is 0 Å². The molecule has 6 nitrogen and oxygen atoms in total. The van der Waals surface area contributed by atoms with Crippen molar-refractivity contribution in [2.45, 2.75) is 425 Å². The van der Waals surface area contributed by atoms with Crippen molar-refractivity contribution in [2.75, 3.05) is 13.2 Å². The Kier molecular flexibility index (Phi) is 67.0. The number of esters is 3. The molecule has 0 saturated carbocycles. The van der Waals surface area contributed by atoms with Gasteiger partial charge in [0, 0.05) is 19.3 Å². The minimum Gasteiger partial charge on any atom is -0.462 e. The third kappa shape index (κ3) is 66.8. The van der Waals surface area contributed by atoms with E-state index in [1.807, 2.05) is 0 Å². The molecule has 79 heavy (non-hydrogen) atoms. The maximum absolute atomic E-state index is 13.0. The summed E-state index contributed by atoms with van der Waals surface area (Å²) in [5, 5.41) is 0. The van der Waals surface area contributed by atoms with Crippen molar-refractivity contribution < 1.29 is 28.6 Å². The predicted octanol–water partition coefficient (Wildman–Crippen LogP) is 24.8. The quantitative estimate of drug-likeness (QED) is 0.0261. The largest absolute Gasteiger partial charge is 0.462 e. The predicted molar refractivity (Wildman–Crippen MR) is 344 cm³/mol. The lowest BCUT2D eigenvalue weighted by molar-refractivity contribution is -0.167. The van der Waals surface area contributed by atoms with Crippen molar-refractivity contribution >= 4 is 17.9 Å². The Morgan fingerprint density at radius 1 is 0.241 bits per heavy atom. The van der Waals surface area contributed by atoms with Crippen LogP contribution in [0.1, 0.15) is 419 Å². The van der Waals surface area contributed by atoms with Crippen LogP contribution in [-0.2, 0) is 28.6 Å². The van der Waals surface area contributed by atoms with Crippen LogP contribution in [0.2, 0.25) is 0 Å². The van der Waals surface area contributed by atoms with Crippen molar-refractivity contribution in [1.29, 1.82) is 0 Å². The molecule has 0 aliphatic carbocycles. The number of hydrogen-bond donors (Lipinski definition) is 0. The Bertz CT molecular complexity index is 1230. The molecule has 6 heteroatoms. The Balaban J connectivity index is 4.23. The highest BCUT2D eigenvalue weighted by Gasteiger charge is 2.19. The van der Waals surface area contributed by atoms with E-state index in [2.05, 4.69) is 32.9 Å². The van der Waals surface area contributed by atoms with Crippen molar-refractivity contribution in [1.82, 2.24) is 0 Å². The second-order valence-corrected chi connectivity index (χ2v) is 24.9. The van der Waals surface area contributed by atoms with Crippen LogP contribution >= 0.6 is 0 Å². The van der Waals surface area contributed by atoms with Crippen LogP contribution in [0, 0.1) is 0 Å². The van der Waals surface area contributed by atoms with E-state index in [4.69, 9.17) is 14.2 Å². The summed E-state index contributed by atoms with van der Waals surface area (Å²) < 4.78 is 17.0. The molecular weight excluding hydrogens is 973 g/mol. The molecule has 0 amide bonds. The average Bonchev–Trinajstić information content (AvgIpc) is 3.45. The summed E-state index contributed by atoms with van der Waals surface area (Å²) in [5.41, 5.74) is 0.